The quantitative estimate of drug-likeness (QED) is 0.853. The fourth-order valence-corrected chi connectivity index (χ4v) is 2.55. The summed E-state index contributed by atoms with van der Waals surface area (Å²) in [5.74, 6) is 0.483. The lowest BCUT2D eigenvalue weighted by atomic mass is 9.94. The fourth-order valence-electron chi connectivity index (χ4n) is 2.55. The van der Waals surface area contributed by atoms with Gasteiger partial charge in [0.2, 0.25) is 0 Å². The van der Waals surface area contributed by atoms with Crippen molar-refractivity contribution in [3.63, 3.8) is 0 Å². The van der Waals surface area contributed by atoms with Crippen LogP contribution in [0.4, 0.5) is 0 Å². The van der Waals surface area contributed by atoms with Crippen LogP contribution in [0.5, 0.6) is 5.75 Å². The van der Waals surface area contributed by atoms with Gasteiger partial charge >= 0.3 is 0 Å². The van der Waals surface area contributed by atoms with Crippen molar-refractivity contribution in [3.05, 3.63) is 29.8 Å². The molecular weight excluding hydrogens is 228 g/mol. The van der Waals surface area contributed by atoms with Crippen molar-refractivity contribution >= 4 is 5.91 Å². The molecule has 1 atom stereocenters. The number of likely N-dealkylation sites (tertiary alicyclic amines) is 1. The molecule has 1 amide bonds. The molecule has 18 heavy (non-hydrogen) atoms. The summed E-state index contributed by atoms with van der Waals surface area (Å²) < 4.78 is 0. The van der Waals surface area contributed by atoms with Gasteiger partial charge in [-0.2, -0.15) is 0 Å². The molecule has 4 heteroatoms. The number of amides is 1. The van der Waals surface area contributed by atoms with E-state index in [0.29, 0.717) is 18.0 Å². The number of hydrogen-bond acceptors (Lipinski definition) is 3. The predicted molar refractivity (Wildman–Crippen MR) is 70.4 cm³/mol. The van der Waals surface area contributed by atoms with E-state index in [1.54, 1.807) is 24.3 Å². The van der Waals surface area contributed by atoms with Gasteiger partial charge in [-0.05, 0) is 43.9 Å². The number of phenolic OH excluding ortho intramolecular Hbond substituents is 1. The molecule has 0 radical (unpaired) electrons. The molecule has 2 rings (SSSR count). The van der Waals surface area contributed by atoms with Crippen LogP contribution in [0, 0.1) is 5.92 Å². The van der Waals surface area contributed by atoms with Crippen molar-refractivity contribution in [2.24, 2.45) is 11.7 Å². The Morgan fingerprint density at radius 2 is 2.22 bits per heavy atom. The largest absolute Gasteiger partial charge is 0.507 e. The summed E-state index contributed by atoms with van der Waals surface area (Å²) in [7, 11) is 0. The number of carbonyl (C=O) groups is 1. The lowest BCUT2D eigenvalue weighted by molar-refractivity contribution is 0.0666. The Bertz CT molecular complexity index is 418. The van der Waals surface area contributed by atoms with Gasteiger partial charge in [-0.3, -0.25) is 4.79 Å². The second kappa shape index (κ2) is 5.87. The average molecular weight is 248 g/mol. The Labute approximate surface area is 107 Å². The summed E-state index contributed by atoms with van der Waals surface area (Å²) in [6.07, 6.45) is 3.12. The number of carbonyl (C=O) groups excluding carboxylic acids is 1. The lowest BCUT2D eigenvalue weighted by Crippen LogP contribution is -2.40. The van der Waals surface area contributed by atoms with Crippen LogP contribution in [0.2, 0.25) is 0 Å². The van der Waals surface area contributed by atoms with Crippen LogP contribution >= 0.6 is 0 Å². The fraction of sp³-hybridized carbons (Fsp3) is 0.500. The third kappa shape index (κ3) is 2.82. The SMILES string of the molecule is NCCC1CCCN(C(=O)c2ccccc2O)C1. The minimum atomic E-state index is -0.0742. The molecule has 1 aliphatic rings. The van der Waals surface area contributed by atoms with Gasteiger partial charge in [0.05, 0.1) is 5.56 Å². The first-order valence-electron chi connectivity index (χ1n) is 6.49. The summed E-state index contributed by atoms with van der Waals surface area (Å²) in [5.41, 5.74) is 5.97. The summed E-state index contributed by atoms with van der Waals surface area (Å²) in [5, 5.41) is 9.71. The molecule has 3 N–H and O–H groups in total. The lowest BCUT2D eigenvalue weighted by Gasteiger charge is -2.32. The van der Waals surface area contributed by atoms with Crippen molar-refractivity contribution < 1.29 is 9.90 Å². The topological polar surface area (TPSA) is 66.6 Å². The molecule has 0 aromatic heterocycles. The molecular formula is C14H20N2O2. The van der Waals surface area contributed by atoms with E-state index in [1.807, 2.05) is 4.90 Å². The van der Waals surface area contributed by atoms with Gasteiger partial charge in [-0.15, -0.1) is 0 Å². The number of aromatic hydroxyl groups is 1. The Hall–Kier alpha value is -1.55. The van der Waals surface area contributed by atoms with E-state index in [0.717, 1.165) is 32.4 Å². The second-order valence-electron chi connectivity index (χ2n) is 4.85. The van der Waals surface area contributed by atoms with Gasteiger partial charge in [0.15, 0.2) is 0 Å². The molecule has 1 fully saturated rings. The molecule has 98 valence electrons. The standard InChI is InChI=1S/C14H20N2O2/c15-8-7-11-4-3-9-16(10-11)14(18)12-5-1-2-6-13(12)17/h1-2,5-6,11,17H,3-4,7-10,15H2. The zero-order chi connectivity index (χ0) is 13.0. The Morgan fingerprint density at radius 1 is 1.44 bits per heavy atom. The van der Waals surface area contributed by atoms with Crippen LogP contribution in [0.15, 0.2) is 24.3 Å². The number of piperidine rings is 1. The van der Waals surface area contributed by atoms with E-state index < -0.39 is 0 Å². The molecule has 4 nitrogen and oxygen atoms in total. The molecule has 0 bridgehead atoms. The molecule has 1 aromatic carbocycles. The maximum absolute atomic E-state index is 12.3. The van der Waals surface area contributed by atoms with Gasteiger partial charge in [0.25, 0.3) is 5.91 Å². The Kier molecular flexibility index (Phi) is 4.20. The highest BCUT2D eigenvalue weighted by Crippen LogP contribution is 2.23. The summed E-state index contributed by atoms with van der Waals surface area (Å²) in [6.45, 7) is 2.20. The second-order valence-corrected chi connectivity index (χ2v) is 4.85. The Morgan fingerprint density at radius 3 is 2.94 bits per heavy atom. The van der Waals surface area contributed by atoms with E-state index in [9.17, 15) is 9.90 Å². The summed E-state index contributed by atoms with van der Waals surface area (Å²) >= 11 is 0. The molecule has 1 aromatic rings. The highest BCUT2D eigenvalue weighted by Gasteiger charge is 2.25. The van der Waals surface area contributed by atoms with Gasteiger partial charge in [-0.1, -0.05) is 12.1 Å². The van der Waals surface area contributed by atoms with Crippen LogP contribution in [0.3, 0.4) is 0 Å². The molecule has 0 aliphatic carbocycles. The van der Waals surface area contributed by atoms with E-state index >= 15 is 0 Å². The minimum absolute atomic E-state index is 0.0587. The maximum atomic E-state index is 12.3. The highest BCUT2D eigenvalue weighted by molar-refractivity contribution is 5.96. The monoisotopic (exact) mass is 248 g/mol. The van der Waals surface area contributed by atoms with Gasteiger partial charge < -0.3 is 15.7 Å². The van der Waals surface area contributed by atoms with Crippen LogP contribution in [0.1, 0.15) is 29.6 Å². The van der Waals surface area contributed by atoms with Crippen molar-refractivity contribution in [2.75, 3.05) is 19.6 Å². The first-order valence-corrected chi connectivity index (χ1v) is 6.49. The van der Waals surface area contributed by atoms with E-state index in [4.69, 9.17) is 5.73 Å². The number of para-hydroxylation sites is 1. The van der Waals surface area contributed by atoms with Crippen molar-refractivity contribution in [1.29, 1.82) is 0 Å². The number of nitrogens with zero attached hydrogens (tertiary/aromatic N) is 1. The number of hydrogen-bond donors (Lipinski definition) is 2. The highest BCUT2D eigenvalue weighted by atomic mass is 16.3. The molecule has 1 saturated heterocycles. The normalized spacial score (nSPS) is 19.8. The zero-order valence-corrected chi connectivity index (χ0v) is 10.5. The summed E-state index contributed by atoms with van der Waals surface area (Å²) in [4.78, 5) is 14.1. The average Bonchev–Trinajstić information content (AvgIpc) is 2.39. The predicted octanol–water partition coefficient (Wildman–Crippen LogP) is 1.59. The first kappa shape index (κ1) is 12.9. The third-order valence-corrected chi connectivity index (χ3v) is 3.52. The van der Waals surface area contributed by atoms with Crippen LogP contribution in [0.25, 0.3) is 0 Å². The molecule has 0 spiro atoms. The van der Waals surface area contributed by atoms with Crippen molar-refractivity contribution in [1.82, 2.24) is 4.90 Å². The van der Waals surface area contributed by atoms with Crippen LogP contribution in [-0.2, 0) is 0 Å². The first-order chi connectivity index (χ1) is 8.72. The van der Waals surface area contributed by atoms with E-state index in [-0.39, 0.29) is 11.7 Å². The Balaban J connectivity index is 2.07. The number of rotatable bonds is 3. The molecule has 1 unspecified atom stereocenters. The molecule has 0 saturated carbocycles. The van der Waals surface area contributed by atoms with E-state index in [2.05, 4.69) is 0 Å². The zero-order valence-electron chi connectivity index (χ0n) is 10.5. The summed E-state index contributed by atoms with van der Waals surface area (Å²) in [6, 6.07) is 6.71. The smallest absolute Gasteiger partial charge is 0.257 e. The number of nitrogens with two attached hydrogens (primary N) is 1. The number of phenols is 1. The van der Waals surface area contributed by atoms with E-state index in [1.165, 1.54) is 0 Å². The minimum Gasteiger partial charge on any atom is -0.507 e. The molecule has 1 heterocycles. The number of benzene rings is 1. The van der Waals surface area contributed by atoms with Gasteiger partial charge in [0.1, 0.15) is 5.75 Å². The van der Waals surface area contributed by atoms with Gasteiger partial charge in [0, 0.05) is 13.1 Å². The van der Waals surface area contributed by atoms with Crippen LogP contribution in [-0.4, -0.2) is 35.5 Å². The molecule has 1 aliphatic heterocycles. The van der Waals surface area contributed by atoms with Crippen molar-refractivity contribution in [3.8, 4) is 5.75 Å². The van der Waals surface area contributed by atoms with Gasteiger partial charge in [-0.25, -0.2) is 0 Å². The van der Waals surface area contributed by atoms with Crippen LogP contribution < -0.4 is 5.73 Å². The maximum Gasteiger partial charge on any atom is 0.257 e. The van der Waals surface area contributed by atoms with Crippen molar-refractivity contribution in [2.45, 2.75) is 19.3 Å². The third-order valence-electron chi connectivity index (χ3n) is 3.52.